The van der Waals surface area contributed by atoms with Gasteiger partial charge >= 0.3 is 0 Å². The van der Waals surface area contributed by atoms with Gasteiger partial charge in [0.05, 0.1) is 6.61 Å². The Morgan fingerprint density at radius 3 is 2.44 bits per heavy atom. The lowest BCUT2D eigenvalue weighted by molar-refractivity contribution is -0.110. The lowest BCUT2D eigenvalue weighted by Gasteiger charge is -2.03. The van der Waals surface area contributed by atoms with Crippen LogP contribution >= 0.6 is 0 Å². The van der Waals surface area contributed by atoms with E-state index in [1.807, 2.05) is 0 Å². The number of hydrogen-bond donors (Lipinski definition) is 1. The summed E-state index contributed by atoms with van der Waals surface area (Å²) in [6.07, 6.45) is 6.34. The largest absolute Gasteiger partial charge is 0.395 e. The molecule has 0 aromatic rings. The molecule has 0 aliphatic heterocycles. The molecule has 48 valence electrons. The predicted molar refractivity (Wildman–Crippen MR) is 33.9 cm³/mol. The molecule has 0 bridgehead atoms. The lowest BCUT2D eigenvalue weighted by Crippen LogP contribution is -2.04. The van der Waals surface area contributed by atoms with Gasteiger partial charge in [-0.25, -0.2) is 0 Å². The van der Waals surface area contributed by atoms with Crippen molar-refractivity contribution < 1.29 is 9.90 Å². The van der Waals surface area contributed by atoms with Crippen molar-refractivity contribution in [1.82, 2.24) is 0 Å². The summed E-state index contributed by atoms with van der Waals surface area (Å²) in [5.74, 6) is 0.0439. The number of aliphatic hydroxyl groups excluding tert-OH is 1. The summed E-state index contributed by atoms with van der Waals surface area (Å²) >= 11 is 0. The summed E-state index contributed by atoms with van der Waals surface area (Å²) in [4.78, 5) is 10.5. The maximum atomic E-state index is 10.5. The highest BCUT2D eigenvalue weighted by atomic mass is 16.3. The number of carbonyl (C=O) groups is 1. The predicted octanol–water partition coefficient (Wildman–Crippen LogP) is 0.290. The molecule has 0 heterocycles. The molecule has 0 aromatic carbocycles. The van der Waals surface area contributed by atoms with E-state index in [4.69, 9.17) is 5.11 Å². The van der Waals surface area contributed by atoms with Crippen molar-refractivity contribution in [2.75, 3.05) is 6.61 Å². The molecule has 0 amide bonds. The third-order valence-electron chi connectivity index (χ3n) is 1.23. The number of rotatable bonds is 1. The summed E-state index contributed by atoms with van der Waals surface area (Å²) in [6, 6.07) is 0. The van der Waals surface area contributed by atoms with E-state index in [1.54, 1.807) is 12.2 Å². The van der Waals surface area contributed by atoms with E-state index in [1.165, 1.54) is 12.2 Å². The third kappa shape index (κ3) is 1.50. The van der Waals surface area contributed by atoms with Crippen LogP contribution in [0, 0.1) is 5.92 Å². The monoisotopic (exact) mass is 124 g/mol. The van der Waals surface area contributed by atoms with Crippen LogP contribution in [-0.4, -0.2) is 17.5 Å². The van der Waals surface area contributed by atoms with Crippen LogP contribution < -0.4 is 0 Å². The standard InChI is InChI=1S/C7H8O2/c8-5-6-1-3-7(9)4-2-6/h1-4,6,8H,5H2. The van der Waals surface area contributed by atoms with E-state index in [0.29, 0.717) is 0 Å². The van der Waals surface area contributed by atoms with E-state index in [9.17, 15) is 4.79 Å². The molecule has 0 saturated carbocycles. The second-order valence-corrected chi connectivity index (χ2v) is 1.97. The van der Waals surface area contributed by atoms with Gasteiger partial charge in [-0.3, -0.25) is 4.79 Å². The Labute approximate surface area is 53.5 Å². The summed E-state index contributed by atoms with van der Waals surface area (Å²) in [6.45, 7) is 0.0836. The Morgan fingerprint density at radius 2 is 2.00 bits per heavy atom. The van der Waals surface area contributed by atoms with Crippen molar-refractivity contribution in [3.05, 3.63) is 24.3 Å². The highest BCUT2D eigenvalue weighted by Gasteiger charge is 2.02. The van der Waals surface area contributed by atoms with Gasteiger partial charge in [-0.15, -0.1) is 0 Å². The molecule has 9 heavy (non-hydrogen) atoms. The van der Waals surface area contributed by atoms with Crippen LogP contribution in [0.15, 0.2) is 24.3 Å². The molecular formula is C7H8O2. The van der Waals surface area contributed by atoms with E-state index in [-0.39, 0.29) is 18.3 Å². The first-order valence-corrected chi connectivity index (χ1v) is 2.84. The Morgan fingerprint density at radius 1 is 1.44 bits per heavy atom. The molecule has 1 N–H and O–H groups in total. The minimum Gasteiger partial charge on any atom is -0.395 e. The van der Waals surface area contributed by atoms with Crippen LogP contribution in [0.2, 0.25) is 0 Å². The van der Waals surface area contributed by atoms with E-state index >= 15 is 0 Å². The molecule has 0 aromatic heterocycles. The van der Waals surface area contributed by atoms with Crippen molar-refractivity contribution >= 4 is 5.78 Å². The topological polar surface area (TPSA) is 37.3 Å². The average Bonchev–Trinajstić information content (AvgIpc) is 1.90. The molecular weight excluding hydrogens is 116 g/mol. The number of hydrogen-bond acceptors (Lipinski definition) is 2. The minimum atomic E-state index is -0.000278. The van der Waals surface area contributed by atoms with Gasteiger partial charge in [0.25, 0.3) is 0 Å². The van der Waals surface area contributed by atoms with Gasteiger partial charge in [-0.2, -0.15) is 0 Å². The first-order valence-electron chi connectivity index (χ1n) is 2.84. The fourth-order valence-corrected chi connectivity index (χ4v) is 0.678. The molecule has 1 rings (SSSR count). The molecule has 2 nitrogen and oxygen atoms in total. The van der Waals surface area contributed by atoms with Crippen LogP contribution in [0.3, 0.4) is 0 Å². The number of carbonyl (C=O) groups excluding carboxylic acids is 1. The van der Waals surface area contributed by atoms with E-state index in [2.05, 4.69) is 0 Å². The zero-order valence-corrected chi connectivity index (χ0v) is 4.95. The van der Waals surface area contributed by atoms with Crippen LogP contribution in [-0.2, 0) is 4.79 Å². The molecule has 0 radical (unpaired) electrons. The molecule has 0 saturated heterocycles. The van der Waals surface area contributed by atoms with Gasteiger partial charge in [-0.05, 0) is 12.2 Å². The zero-order chi connectivity index (χ0) is 6.69. The Balaban J connectivity index is 2.58. The van der Waals surface area contributed by atoms with Crippen LogP contribution in [0.4, 0.5) is 0 Å². The summed E-state index contributed by atoms with van der Waals surface area (Å²) < 4.78 is 0. The van der Waals surface area contributed by atoms with Crippen molar-refractivity contribution in [2.45, 2.75) is 0 Å². The fraction of sp³-hybridized carbons (Fsp3) is 0.286. The summed E-state index contributed by atoms with van der Waals surface area (Å²) in [5.41, 5.74) is 0. The molecule has 1 aliphatic carbocycles. The van der Waals surface area contributed by atoms with E-state index < -0.39 is 0 Å². The fourth-order valence-electron chi connectivity index (χ4n) is 0.678. The van der Waals surface area contributed by atoms with Crippen molar-refractivity contribution in [3.63, 3.8) is 0 Å². The Hall–Kier alpha value is -0.890. The molecule has 0 fully saturated rings. The van der Waals surface area contributed by atoms with Crippen LogP contribution in [0.5, 0.6) is 0 Å². The third-order valence-corrected chi connectivity index (χ3v) is 1.23. The van der Waals surface area contributed by atoms with Gasteiger partial charge < -0.3 is 5.11 Å². The Kier molecular flexibility index (Phi) is 1.80. The van der Waals surface area contributed by atoms with Crippen molar-refractivity contribution in [2.24, 2.45) is 5.92 Å². The smallest absolute Gasteiger partial charge is 0.178 e. The van der Waals surface area contributed by atoms with E-state index in [0.717, 1.165) is 0 Å². The first-order chi connectivity index (χ1) is 4.33. The lowest BCUT2D eigenvalue weighted by atomic mass is 10.0. The molecule has 1 aliphatic rings. The second kappa shape index (κ2) is 2.60. The highest BCUT2D eigenvalue weighted by molar-refractivity contribution is 6.00. The van der Waals surface area contributed by atoms with Gasteiger partial charge in [0.15, 0.2) is 5.78 Å². The summed E-state index contributed by atoms with van der Waals surface area (Å²) in [7, 11) is 0. The van der Waals surface area contributed by atoms with Crippen LogP contribution in [0.1, 0.15) is 0 Å². The number of aliphatic hydroxyl groups is 1. The molecule has 0 atom stereocenters. The van der Waals surface area contributed by atoms with Crippen molar-refractivity contribution in [1.29, 1.82) is 0 Å². The number of ketones is 1. The quantitative estimate of drug-likeness (QED) is 0.545. The second-order valence-electron chi connectivity index (χ2n) is 1.97. The van der Waals surface area contributed by atoms with Gasteiger partial charge in [0.2, 0.25) is 0 Å². The van der Waals surface area contributed by atoms with Gasteiger partial charge in [-0.1, -0.05) is 12.2 Å². The molecule has 0 unspecified atom stereocenters. The van der Waals surface area contributed by atoms with Crippen molar-refractivity contribution in [3.8, 4) is 0 Å². The average molecular weight is 124 g/mol. The first kappa shape index (κ1) is 6.23. The number of allylic oxidation sites excluding steroid dienone is 2. The maximum absolute atomic E-state index is 10.5. The van der Waals surface area contributed by atoms with Crippen LogP contribution in [0.25, 0.3) is 0 Å². The van der Waals surface area contributed by atoms with Gasteiger partial charge in [0.1, 0.15) is 0 Å². The molecule has 0 spiro atoms. The normalized spacial score (nSPS) is 19.0. The van der Waals surface area contributed by atoms with Gasteiger partial charge in [0, 0.05) is 5.92 Å². The Bertz CT molecular complexity index is 152. The SMILES string of the molecule is O=C1C=CC(CO)C=C1. The molecule has 2 heteroatoms. The maximum Gasteiger partial charge on any atom is 0.178 e. The summed E-state index contributed by atoms with van der Waals surface area (Å²) in [5, 5.41) is 8.56. The minimum absolute atomic E-state index is 0.000278. The highest BCUT2D eigenvalue weighted by Crippen LogP contribution is 2.04. The zero-order valence-electron chi connectivity index (χ0n) is 4.95.